The SMILES string of the molecule is CCc1cc(C(=O)N2CCc3ccccc3C2)cc(N)n1. The Morgan fingerprint density at radius 3 is 2.81 bits per heavy atom. The molecule has 0 spiro atoms. The molecule has 0 saturated carbocycles. The smallest absolute Gasteiger partial charge is 0.254 e. The second kappa shape index (κ2) is 5.56. The van der Waals surface area contributed by atoms with E-state index in [0.29, 0.717) is 17.9 Å². The number of nitrogens with zero attached hydrogens (tertiary/aromatic N) is 2. The number of rotatable bonds is 2. The summed E-state index contributed by atoms with van der Waals surface area (Å²) < 4.78 is 0. The Bertz CT molecular complexity index is 681. The number of benzene rings is 1. The average Bonchev–Trinajstić information content (AvgIpc) is 2.53. The molecule has 2 heterocycles. The van der Waals surface area contributed by atoms with E-state index >= 15 is 0 Å². The second-order valence-electron chi connectivity index (χ2n) is 5.37. The van der Waals surface area contributed by atoms with Gasteiger partial charge in [-0.25, -0.2) is 4.98 Å². The minimum Gasteiger partial charge on any atom is -0.384 e. The van der Waals surface area contributed by atoms with Crippen LogP contribution in [-0.4, -0.2) is 22.3 Å². The van der Waals surface area contributed by atoms with Gasteiger partial charge in [-0.3, -0.25) is 4.79 Å². The fourth-order valence-electron chi connectivity index (χ4n) is 2.77. The van der Waals surface area contributed by atoms with Gasteiger partial charge in [0.2, 0.25) is 0 Å². The number of pyridine rings is 1. The van der Waals surface area contributed by atoms with Gasteiger partial charge in [-0.15, -0.1) is 0 Å². The molecule has 1 aliphatic heterocycles. The molecule has 0 radical (unpaired) electrons. The molecule has 1 aromatic heterocycles. The molecule has 0 aliphatic carbocycles. The van der Waals surface area contributed by atoms with Gasteiger partial charge in [0.15, 0.2) is 0 Å². The number of aromatic nitrogens is 1. The van der Waals surface area contributed by atoms with Crippen LogP contribution in [0.2, 0.25) is 0 Å². The van der Waals surface area contributed by atoms with Crippen LogP contribution in [0.25, 0.3) is 0 Å². The van der Waals surface area contributed by atoms with Gasteiger partial charge in [0.25, 0.3) is 5.91 Å². The van der Waals surface area contributed by atoms with Crippen LogP contribution in [0.1, 0.15) is 34.1 Å². The molecule has 0 bridgehead atoms. The summed E-state index contributed by atoms with van der Waals surface area (Å²) in [5.74, 6) is 0.448. The third-order valence-electron chi connectivity index (χ3n) is 3.93. The fourth-order valence-corrected chi connectivity index (χ4v) is 2.77. The van der Waals surface area contributed by atoms with Gasteiger partial charge in [0, 0.05) is 24.3 Å². The van der Waals surface area contributed by atoms with E-state index in [1.807, 2.05) is 30.0 Å². The van der Waals surface area contributed by atoms with Gasteiger partial charge in [-0.05, 0) is 36.1 Å². The maximum Gasteiger partial charge on any atom is 0.254 e. The van der Waals surface area contributed by atoms with E-state index in [1.165, 1.54) is 11.1 Å². The number of amides is 1. The number of nitrogen functional groups attached to an aromatic ring is 1. The molecule has 3 rings (SSSR count). The van der Waals surface area contributed by atoms with Crippen LogP contribution in [0, 0.1) is 0 Å². The van der Waals surface area contributed by atoms with Crippen molar-refractivity contribution >= 4 is 11.7 Å². The molecule has 108 valence electrons. The highest BCUT2D eigenvalue weighted by Crippen LogP contribution is 2.21. The summed E-state index contributed by atoms with van der Waals surface area (Å²) in [5.41, 5.74) is 9.86. The first-order valence-corrected chi connectivity index (χ1v) is 7.30. The van der Waals surface area contributed by atoms with Crippen LogP contribution in [0.4, 0.5) is 5.82 Å². The standard InChI is InChI=1S/C17H19N3O/c1-2-15-9-14(10-16(18)19-15)17(21)20-8-7-12-5-3-4-6-13(12)11-20/h3-6,9-10H,2,7-8,11H2,1H3,(H2,18,19). The largest absolute Gasteiger partial charge is 0.384 e. The van der Waals surface area contributed by atoms with Crippen molar-refractivity contribution < 1.29 is 4.79 Å². The number of hydrogen-bond donors (Lipinski definition) is 1. The first-order chi connectivity index (χ1) is 10.2. The molecular formula is C17H19N3O. The molecule has 0 unspecified atom stereocenters. The van der Waals surface area contributed by atoms with Crippen LogP contribution in [0.15, 0.2) is 36.4 Å². The van der Waals surface area contributed by atoms with Gasteiger partial charge < -0.3 is 10.6 Å². The van der Waals surface area contributed by atoms with E-state index in [1.54, 1.807) is 6.07 Å². The molecule has 2 N–H and O–H groups in total. The molecule has 1 amide bonds. The van der Waals surface area contributed by atoms with Gasteiger partial charge >= 0.3 is 0 Å². The molecule has 21 heavy (non-hydrogen) atoms. The quantitative estimate of drug-likeness (QED) is 0.919. The van der Waals surface area contributed by atoms with Crippen molar-refractivity contribution in [3.8, 4) is 0 Å². The summed E-state index contributed by atoms with van der Waals surface area (Å²) in [6, 6.07) is 11.8. The van der Waals surface area contributed by atoms with Crippen molar-refractivity contribution in [1.82, 2.24) is 9.88 Å². The van der Waals surface area contributed by atoms with Gasteiger partial charge in [0.1, 0.15) is 5.82 Å². The Morgan fingerprint density at radius 2 is 2.05 bits per heavy atom. The van der Waals surface area contributed by atoms with Crippen molar-refractivity contribution in [1.29, 1.82) is 0 Å². The first-order valence-electron chi connectivity index (χ1n) is 7.30. The molecule has 0 fully saturated rings. The number of anilines is 1. The van der Waals surface area contributed by atoms with Crippen molar-refractivity contribution in [2.24, 2.45) is 0 Å². The lowest BCUT2D eigenvalue weighted by molar-refractivity contribution is 0.0734. The Morgan fingerprint density at radius 1 is 1.29 bits per heavy atom. The summed E-state index contributed by atoms with van der Waals surface area (Å²) >= 11 is 0. The number of nitrogens with two attached hydrogens (primary N) is 1. The lowest BCUT2D eigenvalue weighted by Gasteiger charge is -2.29. The number of carbonyl (C=O) groups excluding carboxylic acids is 1. The number of hydrogen-bond acceptors (Lipinski definition) is 3. The van der Waals surface area contributed by atoms with E-state index in [-0.39, 0.29) is 5.91 Å². The first kappa shape index (κ1) is 13.6. The minimum absolute atomic E-state index is 0.0355. The van der Waals surface area contributed by atoms with Gasteiger partial charge in [-0.2, -0.15) is 0 Å². The molecule has 4 heteroatoms. The van der Waals surface area contributed by atoms with Gasteiger partial charge in [0.05, 0.1) is 0 Å². The van der Waals surface area contributed by atoms with Crippen molar-refractivity contribution in [2.75, 3.05) is 12.3 Å². The summed E-state index contributed by atoms with van der Waals surface area (Å²) in [7, 11) is 0. The third kappa shape index (κ3) is 2.75. The third-order valence-corrected chi connectivity index (χ3v) is 3.93. The molecule has 4 nitrogen and oxygen atoms in total. The maximum atomic E-state index is 12.7. The molecular weight excluding hydrogens is 262 g/mol. The number of fused-ring (bicyclic) bond motifs is 1. The summed E-state index contributed by atoms with van der Waals surface area (Å²) in [4.78, 5) is 18.8. The summed E-state index contributed by atoms with van der Waals surface area (Å²) in [5, 5.41) is 0. The van der Waals surface area contributed by atoms with Crippen LogP contribution in [0.5, 0.6) is 0 Å². The normalized spacial score (nSPS) is 13.9. The second-order valence-corrected chi connectivity index (χ2v) is 5.37. The molecule has 1 aromatic carbocycles. The molecule has 0 saturated heterocycles. The highest BCUT2D eigenvalue weighted by Gasteiger charge is 2.22. The molecule has 1 aliphatic rings. The summed E-state index contributed by atoms with van der Waals surface area (Å²) in [6.07, 6.45) is 1.68. The topological polar surface area (TPSA) is 59.2 Å². The maximum absolute atomic E-state index is 12.7. The monoisotopic (exact) mass is 281 g/mol. The van der Waals surface area contributed by atoms with Gasteiger partial charge in [-0.1, -0.05) is 31.2 Å². The Kier molecular flexibility index (Phi) is 3.60. The van der Waals surface area contributed by atoms with Crippen LogP contribution < -0.4 is 5.73 Å². The average molecular weight is 281 g/mol. The van der Waals surface area contributed by atoms with Crippen molar-refractivity contribution in [3.05, 3.63) is 58.8 Å². The predicted molar refractivity (Wildman–Crippen MR) is 82.9 cm³/mol. The lowest BCUT2D eigenvalue weighted by atomic mass is 9.99. The highest BCUT2D eigenvalue weighted by atomic mass is 16.2. The summed E-state index contributed by atoms with van der Waals surface area (Å²) in [6.45, 7) is 3.42. The van der Waals surface area contributed by atoms with E-state index in [4.69, 9.17) is 5.73 Å². The van der Waals surface area contributed by atoms with Crippen molar-refractivity contribution in [3.63, 3.8) is 0 Å². The van der Waals surface area contributed by atoms with Crippen LogP contribution in [-0.2, 0) is 19.4 Å². The zero-order valence-corrected chi connectivity index (χ0v) is 12.2. The number of aryl methyl sites for hydroxylation is 1. The molecule has 0 atom stereocenters. The van der Waals surface area contributed by atoms with E-state index in [9.17, 15) is 4.79 Å². The highest BCUT2D eigenvalue weighted by molar-refractivity contribution is 5.95. The van der Waals surface area contributed by atoms with Crippen LogP contribution >= 0.6 is 0 Å². The fraction of sp³-hybridized carbons (Fsp3) is 0.294. The zero-order chi connectivity index (χ0) is 14.8. The van der Waals surface area contributed by atoms with E-state index < -0.39 is 0 Å². The molecule has 2 aromatic rings. The minimum atomic E-state index is 0.0355. The predicted octanol–water partition coefficient (Wildman–Crippen LogP) is 2.42. The zero-order valence-electron chi connectivity index (χ0n) is 12.2. The van der Waals surface area contributed by atoms with Crippen molar-refractivity contribution in [2.45, 2.75) is 26.3 Å². The Labute approximate surface area is 124 Å². The lowest BCUT2D eigenvalue weighted by Crippen LogP contribution is -2.36. The Balaban J connectivity index is 1.85. The van der Waals surface area contributed by atoms with E-state index in [2.05, 4.69) is 17.1 Å². The van der Waals surface area contributed by atoms with E-state index in [0.717, 1.165) is 25.1 Å². The Hall–Kier alpha value is -2.36. The number of carbonyl (C=O) groups is 1. The van der Waals surface area contributed by atoms with Crippen LogP contribution in [0.3, 0.4) is 0 Å².